The van der Waals surface area contributed by atoms with Crippen molar-refractivity contribution in [3.63, 3.8) is 0 Å². The minimum absolute atomic E-state index is 0.0705. The van der Waals surface area contributed by atoms with Crippen LogP contribution in [0, 0.1) is 6.92 Å². The third-order valence-electron chi connectivity index (χ3n) is 5.09. The van der Waals surface area contributed by atoms with Crippen molar-refractivity contribution in [2.45, 2.75) is 20.4 Å². The molecule has 0 spiro atoms. The van der Waals surface area contributed by atoms with Gasteiger partial charge in [-0.2, -0.15) is 0 Å². The first-order chi connectivity index (χ1) is 13.2. The third kappa shape index (κ3) is 3.15. The fourth-order valence-electron chi connectivity index (χ4n) is 3.72. The Bertz CT molecular complexity index is 1120. The molecule has 0 bridgehead atoms. The molecule has 0 aliphatic carbocycles. The molecule has 0 saturated carbocycles. The number of aromatic nitrogens is 1. The fourth-order valence-corrected chi connectivity index (χ4v) is 3.72. The van der Waals surface area contributed by atoms with Crippen molar-refractivity contribution in [3.8, 4) is 0 Å². The van der Waals surface area contributed by atoms with Crippen LogP contribution < -0.4 is 0 Å². The molecule has 0 aliphatic rings. The molecular formula is C24H23NO2. The minimum Gasteiger partial charge on any atom is -0.380 e. The van der Waals surface area contributed by atoms with Crippen LogP contribution in [-0.2, 0) is 11.3 Å². The highest BCUT2D eigenvalue weighted by Gasteiger charge is 2.15. The zero-order chi connectivity index (χ0) is 18.8. The lowest BCUT2D eigenvalue weighted by atomic mass is 9.98. The van der Waals surface area contributed by atoms with Crippen molar-refractivity contribution in [1.29, 1.82) is 0 Å². The number of rotatable bonds is 6. The number of nitrogens with zero attached hydrogens (tertiary/aromatic N) is 1. The third-order valence-corrected chi connectivity index (χ3v) is 5.09. The lowest BCUT2D eigenvalue weighted by molar-refractivity contribution is 0.103. The van der Waals surface area contributed by atoms with Crippen molar-refractivity contribution in [3.05, 3.63) is 83.4 Å². The normalized spacial score (nSPS) is 11.3. The van der Waals surface area contributed by atoms with E-state index in [0.29, 0.717) is 13.2 Å². The number of fused-ring (bicyclic) bond motifs is 3. The monoisotopic (exact) mass is 357 g/mol. The lowest BCUT2D eigenvalue weighted by Crippen LogP contribution is -2.06. The van der Waals surface area contributed by atoms with Crippen LogP contribution in [0.1, 0.15) is 28.4 Å². The van der Waals surface area contributed by atoms with Crippen molar-refractivity contribution in [2.24, 2.45) is 0 Å². The molecule has 3 aromatic carbocycles. The van der Waals surface area contributed by atoms with Gasteiger partial charge in [-0.3, -0.25) is 4.79 Å². The fraction of sp³-hybridized carbons (Fsp3) is 0.208. The Morgan fingerprint density at radius 1 is 0.926 bits per heavy atom. The van der Waals surface area contributed by atoms with Gasteiger partial charge in [0.1, 0.15) is 0 Å². The number of hydrogen-bond donors (Lipinski definition) is 0. The van der Waals surface area contributed by atoms with Crippen LogP contribution >= 0.6 is 0 Å². The van der Waals surface area contributed by atoms with E-state index < -0.39 is 0 Å². The summed E-state index contributed by atoms with van der Waals surface area (Å²) in [5.74, 6) is 0.0705. The second-order valence-electron chi connectivity index (χ2n) is 6.74. The molecule has 0 N–H and O–H groups in total. The number of para-hydroxylation sites is 1. The van der Waals surface area contributed by atoms with Crippen LogP contribution in [0.25, 0.3) is 21.8 Å². The Labute approximate surface area is 159 Å². The van der Waals surface area contributed by atoms with Gasteiger partial charge >= 0.3 is 0 Å². The predicted octanol–water partition coefficient (Wildman–Crippen LogP) is 5.37. The molecule has 4 aromatic rings. The highest BCUT2D eigenvalue weighted by Crippen LogP contribution is 2.30. The van der Waals surface area contributed by atoms with Crippen molar-refractivity contribution >= 4 is 27.6 Å². The maximum absolute atomic E-state index is 13.0. The quantitative estimate of drug-likeness (QED) is 0.343. The molecule has 1 aromatic heterocycles. The zero-order valence-electron chi connectivity index (χ0n) is 15.7. The molecule has 1 heterocycles. The SMILES string of the molecule is CCOCCn1c2ccccc2c2cc(C(=O)c3ccccc3C)ccc21. The molecule has 0 atom stereocenters. The first-order valence-corrected chi connectivity index (χ1v) is 9.39. The molecule has 4 rings (SSSR count). The van der Waals surface area contributed by atoms with Gasteiger partial charge in [0.15, 0.2) is 5.78 Å². The van der Waals surface area contributed by atoms with E-state index in [1.165, 1.54) is 10.9 Å². The van der Waals surface area contributed by atoms with Crippen LogP contribution in [0.4, 0.5) is 0 Å². The molecule has 0 radical (unpaired) electrons. The van der Waals surface area contributed by atoms with E-state index in [0.717, 1.165) is 34.1 Å². The van der Waals surface area contributed by atoms with Crippen LogP contribution in [-0.4, -0.2) is 23.6 Å². The van der Waals surface area contributed by atoms with Crippen molar-refractivity contribution < 1.29 is 9.53 Å². The first kappa shape index (κ1) is 17.5. The molecule has 3 heteroatoms. The number of hydrogen-bond acceptors (Lipinski definition) is 2. The standard InChI is InChI=1S/C24H23NO2/c1-3-27-15-14-25-22-11-7-6-10-20(22)21-16-18(12-13-23(21)25)24(26)19-9-5-4-8-17(19)2/h4-13,16H,3,14-15H2,1-2H3. The number of carbonyl (C=O) groups is 1. The summed E-state index contributed by atoms with van der Waals surface area (Å²) >= 11 is 0. The molecule has 3 nitrogen and oxygen atoms in total. The highest BCUT2D eigenvalue weighted by atomic mass is 16.5. The molecule has 0 amide bonds. The van der Waals surface area contributed by atoms with E-state index in [4.69, 9.17) is 4.74 Å². The number of benzene rings is 3. The molecule has 0 aliphatic heterocycles. The van der Waals surface area contributed by atoms with E-state index >= 15 is 0 Å². The van der Waals surface area contributed by atoms with Gasteiger partial charge < -0.3 is 9.30 Å². The number of ether oxygens (including phenoxy) is 1. The van der Waals surface area contributed by atoms with Gasteiger partial charge in [0.05, 0.1) is 6.61 Å². The summed E-state index contributed by atoms with van der Waals surface area (Å²) in [7, 11) is 0. The average Bonchev–Trinajstić information content (AvgIpc) is 3.01. The summed E-state index contributed by atoms with van der Waals surface area (Å²) in [6.45, 7) is 6.17. The van der Waals surface area contributed by atoms with Crippen LogP contribution in [0.15, 0.2) is 66.7 Å². The molecule has 27 heavy (non-hydrogen) atoms. The van der Waals surface area contributed by atoms with Gasteiger partial charge in [-0.1, -0.05) is 42.5 Å². The lowest BCUT2D eigenvalue weighted by Gasteiger charge is -2.08. The van der Waals surface area contributed by atoms with Gasteiger partial charge in [-0.05, 0) is 43.7 Å². The summed E-state index contributed by atoms with van der Waals surface area (Å²) in [5, 5.41) is 2.28. The van der Waals surface area contributed by atoms with Crippen molar-refractivity contribution in [1.82, 2.24) is 4.57 Å². The van der Waals surface area contributed by atoms with E-state index in [-0.39, 0.29) is 5.78 Å². The van der Waals surface area contributed by atoms with Crippen LogP contribution in [0.5, 0.6) is 0 Å². The van der Waals surface area contributed by atoms with Gasteiger partial charge in [0.2, 0.25) is 0 Å². The van der Waals surface area contributed by atoms with Gasteiger partial charge in [0, 0.05) is 46.1 Å². The van der Waals surface area contributed by atoms with Gasteiger partial charge in [-0.15, -0.1) is 0 Å². The van der Waals surface area contributed by atoms with Gasteiger partial charge in [-0.25, -0.2) is 0 Å². The highest BCUT2D eigenvalue weighted by molar-refractivity contribution is 6.15. The Morgan fingerprint density at radius 3 is 2.48 bits per heavy atom. The smallest absolute Gasteiger partial charge is 0.193 e. The molecule has 0 saturated heterocycles. The Hall–Kier alpha value is -2.91. The molecule has 0 fully saturated rings. The molecule has 136 valence electrons. The van der Waals surface area contributed by atoms with Crippen LogP contribution in [0.2, 0.25) is 0 Å². The number of carbonyl (C=O) groups excluding carboxylic acids is 1. The van der Waals surface area contributed by atoms with E-state index in [9.17, 15) is 4.79 Å². The van der Waals surface area contributed by atoms with Crippen molar-refractivity contribution in [2.75, 3.05) is 13.2 Å². The maximum atomic E-state index is 13.0. The molecular weight excluding hydrogens is 334 g/mol. The average molecular weight is 357 g/mol. The van der Waals surface area contributed by atoms with E-state index in [1.807, 2.05) is 56.3 Å². The zero-order valence-corrected chi connectivity index (χ0v) is 15.7. The Balaban J connectivity index is 1.84. The predicted molar refractivity (Wildman–Crippen MR) is 111 cm³/mol. The Morgan fingerprint density at radius 2 is 1.67 bits per heavy atom. The van der Waals surface area contributed by atoms with E-state index in [2.05, 4.69) is 28.8 Å². The minimum atomic E-state index is 0.0705. The largest absolute Gasteiger partial charge is 0.380 e. The summed E-state index contributed by atoms with van der Waals surface area (Å²) in [6.07, 6.45) is 0. The summed E-state index contributed by atoms with van der Waals surface area (Å²) in [6, 6.07) is 22.1. The number of aryl methyl sites for hydroxylation is 1. The molecule has 0 unspecified atom stereocenters. The topological polar surface area (TPSA) is 31.2 Å². The first-order valence-electron chi connectivity index (χ1n) is 9.39. The Kier molecular flexibility index (Phi) is 4.78. The summed E-state index contributed by atoms with van der Waals surface area (Å²) < 4.78 is 7.84. The van der Waals surface area contributed by atoms with Gasteiger partial charge in [0.25, 0.3) is 0 Å². The van der Waals surface area contributed by atoms with Crippen LogP contribution in [0.3, 0.4) is 0 Å². The number of ketones is 1. The second-order valence-corrected chi connectivity index (χ2v) is 6.74. The van der Waals surface area contributed by atoms with E-state index in [1.54, 1.807) is 0 Å². The second kappa shape index (κ2) is 7.37. The maximum Gasteiger partial charge on any atom is 0.193 e. The summed E-state index contributed by atoms with van der Waals surface area (Å²) in [5.41, 5.74) is 4.80. The summed E-state index contributed by atoms with van der Waals surface area (Å²) in [4.78, 5) is 13.0.